The lowest BCUT2D eigenvalue weighted by atomic mass is 9.98. The van der Waals surface area contributed by atoms with Gasteiger partial charge in [0.05, 0.1) is 28.8 Å². The van der Waals surface area contributed by atoms with Crippen molar-refractivity contribution in [1.29, 1.82) is 0 Å². The fourth-order valence-corrected chi connectivity index (χ4v) is 3.76. The summed E-state index contributed by atoms with van der Waals surface area (Å²) >= 11 is 12.0. The first-order valence-electron chi connectivity index (χ1n) is 8.11. The molecule has 0 saturated heterocycles. The van der Waals surface area contributed by atoms with Gasteiger partial charge in [0.15, 0.2) is 6.23 Å². The molecule has 25 heavy (non-hydrogen) atoms. The maximum atomic E-state index is 13.0. The topological polar surface area (TPSA) is 67.8 Å². The number of aliphatic hydroxyl groups excluding tert-OH is 1. The number of nitrogens with zero attached hydrogens (tertiary/aromatic N) is 2. The van der Waals surface area contributed by atoms with E-state index in [2.05, 4.69) is 10.7 Å². The van der Waals surface area contributed by atoms with Crippen molar-refractivity contribution in [3.8, 4) is 0 Å². The summed E-state index contributed by atoms with van der Waals surface area (Å²) in [7, 11) is 0. The largest absolute Gasteiger partial charge is 0.385 e. The highest BCUT2D eigenvalue weighted by Gasteiger charge is 2.39. The Morgan fingerprint density at radius 1 is 1.32 bits per heavy atom. The molecule has 3 N–H and O–H groups in total. The Morgan fingerprint density at radius 2 is 2.12 bits per heavy atom. The summed E-state index contributed by atoms with van der Waals surface area (Å²) in [4.78, 5) is 14.8. The molecule has 1 aromatic carbocycles. The van der Waals surface area contributed by atoms with Crippen molar-refractivity contribution in [3.63, 3.8) is 0 Å². The molecular formula is C17H18Cl2N4O2. The molecule has 0 bridgehead atoms. The molecule has 132 valence electrons. The minimum Gasteiger partial charge on any atom is -0.385 e. The van der Waals surface area contributed by atoms with Gasteiger partial charge in [0.25, 0.3) is 5.91 Å². The van der Waals surface area contributed by atoms with Crippen LogP contribution < -0.4 is 10.7 Å². The van der Waals surface area contributed by atoms with E-state index in [9.17, 15) is 9.90 Å². The summed E-state index contributed by atoms with van der Waals surface area (Å²) in [5.74, 6) is -0.0824. The monoisotopic (exact) mass is 380 g/mol. The fourth-order valence-electron chi connectivity index (χ4n) is 3.46. The van der Waals surface area contributed by atoms with Crippen LogP contribution in [0.4, 0.5) is 0 Å². The first-order valence-corrected chi connectivity index (χ1v) is 8.87. The number of rotatable bonds is 1. The summed E-state index contributed by atoms with van der Waals surface area (Å²) in [5.41, 5.74) is 6.75. The summed E-state index contributed by atoms with van der Waals surface area (Å²) in [6.07, 6.45) is 1.93. The quantitative estimate of drug-likeness (QED) is 0.695. The van der Waals surface area contributed by atoms with Gasteiger partial charge in [0, 0.05) is 35.5 Å². The molecule has 3 aliphatic heterocycles. The van der Waals surface area contributed by atoms with Crippen molar-refractivity contribution in [2.75, 3.05) is 13.1 Å². The predicted molar refractivity (Wildman–Crippen MR) is 95.7 cm³/mol. The second-order valence-electron chi connectivity index (χ2n) is 6.47. The van der Waals surface area contributed by atoms with Crippen molar-refractivity contribution >= 4 is 29.1 Å². The molecule has 0 saturated carbocycles. The second-order valence-corrected chi connectivity index (χ2v) is 7.29. The molecule has 2 atom stereocenters. The number of β-amino-alcohol motifs (C(OH)–C–C–N with tert-alkyl or cyclic N) is 1. The number of benzene rings is 1. The van der Waals surface area contributed by atoms with Crippen LogP contribution in [0.15, 0.2) is 41.4 Å². The molecule has 3 aliphatic rings. The molecule has 1 aromatic rings. The lowest BCUT2D eigenvalue weighted by Gasteiger charge is -2.34. The number of carbonyl (C=O) groups is 1. The molecule has 0 spiro atoms. The van der Waals surface area contributed by atoms with E-state index in [1.54, 1.807) is 23.2 Å². The van der Waals surface area contributed by atoms with Crippen LogP contribution in [0.2, 0.25) is 10.0 Å². The molecule has 4 rings (SSSR count). The third kappa shape index (κ3) is 2.74. The van der Waals surface area contributed by atoms with E-state index in [1.807, 2.05) is 18.0 Å². The fraction of sp³-hybridized carbons (Fsp3) is 0.353. The van der Waals surface area contributed by atoms with Crippen LogP contribution in [0.1, 0.15) is 23.7 Å². The molecule has 3 heterocycles. The molecule has 0 radical (unpaired) electrons. The number of carbonyl (C=O) groups excluding carboxylic acids is 1. The van der Waals surface area contributed by atoms with Crippen LogP contribution in [0.25, 0.3) is 0 Å². The summed E-state index contributed by atoms with van der Waals surface area (Å²) in [5, 5.41) is 15.8. The average molecular weight is 381 g/mol. The van der Waals surface area contributed by atoms with Crippen LogP contribution in [0.5, 0.6) is 0 Å². The lowest BCUT2D eigenvalue weighted by molar-refractivity contribution is 0.00589. The highest BCUT2D eigenvalue weighted by atomic mass is 35.5. The van der Waals surface area contributed by atoms with E-state index < -0.39 is 6.23 Å². The summed E-state index contributed by atoms with van der Waals surface area (Å²) in [6, 6.07) is 4.96. The van der Waals surface area contributed by atoms with Crippen LogP contribution in [0.3, 0.4) is 0 Å². The number of fused-ring (bicyclic) bond motifs is 2. The van der Waals surface area contributed by atoms with Crippen molar-refractivity contribution in [2.45, 2.75) is 25.6 Å². The van der Waals surface area contributed by atoms with Crippen molar-refractivity contribution < 1.29 is 9.90 Å². The second kappa shape index (κ2) is 6.12. The van der Waals surface area contributed by atoms with Gasteiger partial charge in [0.2, 0.25) is 0 Å². The Morgan fingerprint density at radius 3 is 2.88 bits per heavy atom. The highest BCUT2D eigenvalue weighted by Crippen LogP contribution is 2.35. The maximum absolute atomic E-state index is 13.0. The Balaban J connectivity index is 1.61. The number of amides is 1. The third-order valence-corrected chi connectivity index (χ3v) is 5.55. The van der Waals surface area contributed by atoms with E-state index >= 15 is 0 Å². The molecule has 1 unspecified atom stereocenters. The van der Waals surface area contributed by atoms with Gasteiger partial charge in [-0.3, -0.25) is 15.2 Å². The minimum absolute atomic E-state index is 0.0280. The third-order valence-electron chi connectivity index (χ3n) is 4.81. The average Bonchev–Trinajstić information content (AvgIpc) is 2.95. The van der Waals surface area contributed by atoms with Gasteiger partial charge in [-0.15, -0.1) is 0 Å². The van der Waals surface area contributed by atoms with Crippen molar-refractivity contribution in [2.24, 2.45) is 0 Å². The van der Waals surface area contributed by atoms with Gasteiger partial charge in [0.1, 0.15) is 0 Å². The Kier molecular flexibility index (Phi) is 4.06. The highest BCUT2D eigenvalue weighted by molar-refractivity contribution is 6.42. The lowest BCUT2D eigenvalue weighted by Crippen LogP contribution is -2.48. The van der Waals surface area contributed by atoms with E-state index in [1.165, 1.54) is 0 Å². The Bertz CT molecular complexity index is 808. The van der Waals surface area contributed by atoms with E-state index in [0.717, 1.165) is 17.0 Å². The Hall–Kier alpha value is -1.89. The van der Waals surface area contributed by atoms with Crippen LogP contribution >= 0.6 is 23.2 Å². The van der Waals surface area contributed by atoms with Gasteiger partial charge in [-0.2, -0.15) is 0 Å². The zero-order valence-electron chi connectivity index (χ0n) is 13.6. The summed E-state index contributed by atoms with van der Waals surface area (Å²) < 4.78 is 0. The van der Waals surface area contributed by atoms with Gasteiger partial charge in [-0.25, -0.2) is 0 Å². The zero-order valence-corrected chi connectivity index (χ0v) is 15.1. The molecule has 0 aromatic heterocycles. The smallest absolute Gasteiger partial charge is 0.254 e. The standard InChI is InChI=1S/C17H18Cl2N4O2/c1-9-4-14-11(15-6-20-7-16(24)23(15)21-14)8-22(9)17(25)10-2-3-12(18)13(19)5-10/h2-3,5-6,9,16,20-21,24H,4,7-8H2,1H3/t9-,16?/m1/s1. The molecule has 6 nitrogen and oxygen atoms in total. The maximum Gasteiger partial charge on any atom is 0.254 e. The first-order chi connectivity index (χ1) is 12.0. The number of hydrazine groups is 1. The SMILES string of the molecule is C[C@@H]1CC2=C(CN1C(=O)c1ccc(Cl)c(Cl)c1)C1=CNCC(O)N1N2. The minimum atomic E-state index is -0.639. The zero-order chi connectivity index (χ0) is 17.7. The molecular weight excluding hydrogens is 363 g/mol. The van der Waals surface area contributed by atoms with Crippen LogP contribution in [-0.4, -0.2) is 46.3 Å². The summed E-state index contributed by atoms with van der Waals surface area (Å²) in [6.45, 7) is 2.94. The van der Waals surface area contributed by atoms with Gasteiger partial charge < -0.3 is 15.3 Å². The molecule has 1 amide bonds. The molecule has 8 heteroatoms. The molecule has 0 fully saturated rings. The van der Waals surface area contributed by atoms with Crippen LogP contribution in [-0.2, 0) is 0 Å². The van der Waals surface area contributed by atoms with E-state index in [4.69, 9.17) is 23.2 Å². The number of aliphatic hydroxyl groups is 1. The van der Waals surface area contributed by atoms with E-state index in [0.29, 0.717) is 35.1 Å². The molecule has 0 aliphatic carbocycles. The van der Waals surface area contributed by atoms with Gasteiger partial charge >= 0.3 is 0 Å². The van der Waals surface area contributed by atoms with E-state index in [-0.39, 0.29) is 11.9 Å². The van der Waals surface area contributed by atoms with Gasteiger partial charge in [-0.1, -0.05) is 23.2 Å². The van der Waals surface area contributed by atoms with Crippen molar-refractivity contribution in [1.82, 2.24) is 20.7 Å². The number of hydrogen-bond acceptors (Lipinski definition) is 5. The van der Waals surface area contributed by atoms with Crippen LogP contribution in [0, 0.1) is 0 Å². The normalized spacial score (nSPS) is 25.0. The number of nitrogens with one attached hydrogen (secondary N) is 2. The van der Waals surface area contributed by atoms with Gasteiger partial charge in [-0.05, 0) is 25.1 Å². The first kappa shape index (κ1) is 16.6. The predicted octanol–water partition coefficient (Wildman–Crippen LogP) is 2.07. The number of hydrogen-bond donors (Lipinski definition) is 3. The van der Waals surface area contributed by atoms with Crippen molar-refractivity contribution in [3.05, 3.63) is 57.0 Å². The number of halogens is 2. The Labute approximate surface area is 155 Å².